The molecule has 0 fully saturated rings. The van der Waals surface area contributed by atoms with Crippen LogP contribution in [0.15, 0.2) is 42.9 Å². The monoisotopic (exact) mass is 458 g/mol. The van der Waals surface area contributed by atoms with Crippen molar-refractivity contribution in [2.24, 2.45) is 0 Å². The van der Waals surface area contributed by atoms with E-state index in [4.69, 9.17) is 4.74 Å². The van der Waals surface area contributed by atoms with Crippen molar-refractivity contribution in [1.82, 2.24) is 14.5 Å². The van der Waals surface area contributed by atoms with Gasteiger partial charge in [-0.2, -0.15) is 0 Å². The minimum Gasteiger partial charge on any atom is -0.493 e. The van der Waals surface area contributed by atoms with Gasteiger partial charge in [-0.1, -0.05) is 24.1 Å². The molecule has 3 aromatic rings. The molecular weight excluding hydrogens is 432 g/mol. The number of aliphatic carboxylic acids is 1. The number of carbonyl (C=O) groups is 1. The van der Waals surface area contributed by atoms with Crippen molar-refractivity contribution < 1.29 is 19.7 Å². The standard InChI is InChI=1S/C26H26N4O4/c31-23(22-7-5-18-2-1-10-27-26(18)29-22)8-6-21-15-30(16-28-21)14-20(13-25(32)33)19-4-3-17-9-11-34-24(17)12-19/h3-5,7,12,15-16,20,23,31H,1-2,9-11,13-14H2,(H,27,29)(H,32,33). The number of carboxylic acid groups (broad SMARTS) is 1. The van der Waals surface area contributed by atoms with E-state index in [0.717, 1.165) is 54.1 Å². The van der Waals surface area contributed by atoms with Gasteiger partial charge in [0, 0.05) is 31.6 Å². The van der Waals surface area contributed by atoms with E-state index in [9.17, 15) is 15.0 Å². The fourth-order valence-electron chi connectivity index (χ4n) is 4.43. The second-order valence-electron chi connectivity index (χ2n) is 8.66. The van der Waals surface area contributed by atoms with Crippen LogP contribution in [0, 0.1) is 11.8 Å². The maximum absolute atomic E-state index is 11.5. The van der Waals surface area contributed by atoms with E-state index >= 15 is 0 Å². The second kappa shape index (κ2) is 9.57. The first kappa shape index (κ1) is 22.0. The van der Waals surface area contributed by atoms with Crippen molar-refractivity contribution in [1.29, 1.82) is 0 Å². The Morgan fingerprint density at radius 3 is 3.00 bits per heavy atom. The summed E-state index contributed by atoms with van der Waals surface area (Å²) in [5.74, 6) is 6.27. The lowest BCUT2D eigenvalue weighted by Crippen LogP contribution is -2.14. The average molecular weight is 459 g/mol. The number of pyridine rings is 1. The summed E-state index contributed by atoms with van der Waals surface area (Å²) in [6.45, 7) is 1.99. The second-order valence-corrected chi connectivity index (χ2v) is 8.66. The first-order valence-electron chi connectivity index (χ1n) is 11.5. The molecule has 0 radical (unpaired) electrons. The van der Waals surface area contributed by atoms with Crippen molar-refractivity contribution >= 4 is 11.8 Å². The molecule has 0 saturated heterocycles. The van der Waals surface area contributed by atoms with Crippen LogP contribution in [0.4, 0.5) is 5.82 Å². The van der Waals surface area contributed by atoms with Crippen LogP contribution in [-0.4, -0.2) is 43.9 Å². The lowest BCUT2D eigenvalue weighted by atomic mass is 9.94. The van der Waals surface area contributed by atoms with Crippen LogP contribution < -0.4 is 10.1 Å². The highest BCUT2D eigenvalue weighted by Gasteiger charge is 2.20. The molecule has 0 aliphatic carbocycles. The molecule has 174 valence electrons. The van der Waals surface area contributed by atoms with E-state index in [1.54, 1.807) is 18.6 Å². The Balaban J connectivity index is 1.29. The number of hydrogen-bond donors (Lipinski definition) is 3. The summed E-state index contributed by atoms with van der Waals surface area (Å²) in [7, 11) is 0. The number of rotatable bonds is 6. The Bertz CT molecular complexity index is 1270. The van der Waals surface area contributed by atoms with E-state index in [1.165, 1.54) is 0 Å². The Labute approximate surface area is 197 Å². The van der Waals surface area contributed by atoms with E-state index in [0.29, 0.717) is 24.5 Å². The predicted molar refractivity (Wildman–Crippen MR) is 126 cm³/mol. The molecule has 3 N–H and O–H groups in total. The molecule has 2 aliphatic heterocycles. The quantitative estimate of drug-likeness (QED) is 0.487. The number of benzene rings is 1. The number of aliphatic hydroxyl groups excluding tert-OH is 1. The van der Waals surface area contributed by atoms with Gasteiger partial charge in [0.05, 0.1) is 25.0 Å². The number of aromatic nitrogens is 3. The summed E-state index contributed by atoms with van der Waals surface area (Å²) < 4.78 is 7.48. The summed E-state index contributed by atoms with van der Waals surface area (Å²) in [5, 5.41) is 23.2. The third-order valence-electron chi connectivity index (χ3n) is 6.21. The molecule has 2 aliphatic rings. The van der Waals surface area contributed by atoms with Crippen LogP contribution in [0.3, 0.4) is 0 Å². The summed E-state index contributed by atoms with van der Waals surface area (Å²) in [6, 6.07) is 9.74. The zero-order valence-electron chi connectivity index (χ0n) is 18.7. The number of aliphatic hydroxyl groups is 1. The van der Waals surface area contributed by atoms with Gasteiger partial charge in [-0.3, -0.25) is 4.79 Å². The molecule has 2 aromatic heterocycles. The van der Waals surface area contributed by atoms with Gasteiger partial charge in [0.15, 0.2) is 6.10 Å². The number of anilines is 1. The molecule has 8 heteroatoms. The first-order chi connectivity index (χ1) is 16.5. The number of nitrogens with zero attached hydrogens (tertiary/aromatic N) is 3. The molecule has 4 heterocycles. The van der Waals surface area contributed by atoms with Crippen molar-refractivity contribution in [3.63, 3.8) is 0 Å². The highest BCUT2D eigenvalue weighted by molar-refractivity contribution is 5.68. The smallest absolute Gasteiger partial charge is 0.304 e. The first-order valence-corrected chi connectivity index (χ1v) is 11.5. The molecule has 34 heavy (non-hydrogen) atoms. The average Bonchev–Trinajstić information content (AvgIpc) is 3.50. The van der Waals surface area contributed by atoms with Gasteiger partial charge in [0.25, 0.3) is 0 Å². The largest absolute Gasteiger partial charge is 0.493 e. The molecule has 0 saturated carbocycles. The van der Waals surface area contributed by atoms with Crippen molar-refractivity contribution in [3.05, 3.63) is 70.9 Å². The number of ether oxygens (including phenoxy) is 1. The summed E-state index contributed by atoms with van der Waals surface area (Å²) in [4.78, 5) is 20.3. The van der Waals surface area contributed by atoms with Crippen LogP contribution in [0.5, 0.6) is 5.75 Å². The third kappa shape index (κ3) is 4.90. The zero-order chi connectivity index (χ0) is 23.5. The number of nitrogens with one attached hydrogen (secondary N) is 1. The molecule has 0 amide bonds. The van der Waals surface area contributed by atoms with Crippen LogP contribution in [0.1, 0.15) is 52.9 Å². The molecule has 8 nitrogen and oxygen atoms in total. The van der Waals surface area contributed by atoms with Crippen molar-refractivity contribution in [3.8, 4) is 17.6 Å². The number of imidazole rings is 1. The molecule has 0 bridgehead atoms. The van der Waals surface area contributed by atoms with Crippen LogP contribution in [0.2, 0.25) is 0 Å². The van der Waals surface area contributed by atoms with Crippen LogP contribution >= 0.6 is 0 Å². The highest BCUT2D eigenvalue weighted by Crippen LogP contribution is 2.31. The summed E-state index contributed by atoms with van der Waals surface area (Å²) >= 11 is 0. The van der Waals surface area contributed by atoms with Gasteiger partial charge in [-0.15, -0.1) is 0 Å². The van der Waals surface area contributed by atoms with E-state index in [-0.39, 0.29) is 12.3 Å². The van der Waals surface area contributed by atoms with Crippen molar-refractivity contribution in [2.75, 3.05) is 18.5 Å². The van der Waals surface area contributed by atoms with Gasteiger partial charge >= 0.3 is 5.97 Å². The minimum atomic E-state index is -1.02. The van der Waals surface area contributed by atoms with Gasteiger partial charge < -0.3 is 24.8 Å². The molecule has 1 aromatic carbocycles. The van der Waals surface area contributed by atoms with Gasteiger partial charge in [-0.25, -0.2) is 9.97 Å². The van der Waals surface area contributed by atoms with Gasteiger partial charge in [0.1, 0.15) is 17.3 Å². The predicted octanol–water partition coefficient (Wildman–Crippen LogP) is 2.91. The van der Waals surface area contributed by atoms with Crippen molar-refractivity contribution in [2.45, 2.75) is 44.2 Å². The van der Waals surface area contributed by atoms with Gasteiger partial charge in [-0.05, 0) is 47.6 Å². The Hall–Kier alpha value is -3.83. The fourth-order valence-corrected chi connectivity index (χ4v) is 4.43. The van der Waals surface area contributed by atoms with Gasteiger partial charge in [0.2, 0.25) is 0 Å². The maximum atomic E-state index is 11.5. The summed E-state index contributed by atoms with van der Waals surface area (Å²) in [6.07, 6.45) is 5.31. The lowest BCUT2D eigenvalue weighted by molar-refractivity contribution is -0.137. The molecule has 0 spiro atoms. The Morgan fingerprint density at radius 2 is 2.12 bits per heavy atom. The molecule has 2 atom stereocenters. The van der Waals surface area contributed by atoms with E-state index < -0.39 is 12.1 Å². The number of carboxylic acids is 1. The summed E-state index contributed by atoms with van der Waals surface area (Å²) in [5.41, 5.74) is 4.23. The minimum absolute atomic E-state index is 0.00523. The number of fused-ring (bicyclic) bond motifs is 2. The molecule has 5 rings (SSSR count). The number of hydrogen-bond acceptors (Lipinski definition) is 6. The van der Waals surface area contributed by atoms with E-state index in [2.05, 4.69) is 27.1 Å². The lowest BCUT2D eigenvalue weighted by Gasteiger charge is -2.17. The van der Waals surface area contributed by atoms with E-state index in [1.807, 2.05) is 28.8 Å². The third-order valence-corrected chi connectivity index (χ3v) is 6.21. The SMILES string of the molecule is O=C(O)CC(Cn1cnc(C#CC(O)c2ccc3c(n2)NCCC3)c1)c1ccc2c(c1)OCC2. The normalized spacial score (nSPS) is 15.7. The maximum Gasteiger partial charge on any atom is 0.304 e. The molecular formula is C26H26N4O4. The number of aryl methyl sites for hydroxylation is 1. The zero-order valence-corrected chi connectivity index (χ0v) is 18.7. The Morgan fingerprint density at radius 1 is 1.24 bits per heavy atom. The Kier molecular flexibility index (Phi) is 6.19. The highest BCUT2D eigenvalue weighted by atomic mass is 16.5. The fraction of sp³-hybridized carbons (Fsp3) is 0.346. The van der Waals surface area contributed by atoms with Crippen LogP contribution in [-0.2, 0) is 24.2 Å². The molecule has 2 unspecified atom stereocenters. The topological polar surface area (TPSA) is 110 Å². The van der Waals surface area contributed by atoms with Crippen LogP contribution in [0.25, 0.3) is 0 Å².